The Hall–Kier alpha value is -0.0400. The molecule has 1 rings (SSSR count). The van der Waals surface area contributed by atoms with Crippen LogP contribution in [0.15, 0.2) is 0 Å². The molecule has 0 radical (unpaired) electrons. The van der Waals surface area contributed by atoms with Gasteiger partial charge in [-0.1, -0.05) is 0 Å². The van der Waals surface area contributed by atoms with E-state index in [1.165, 1.54) is 0 Å². The largest absolute Gasteiger partial charge is 0.411 e. The Balaban J connectivity index is 0.00000225. The van der Waals surface area contributed by atoms with Gasteiger partial charge in [0.15, 0.2) is 0 Å². The van der Waals surface area contributed by atoms with Gasteiger partial charge in [-0.2, -0.15) is 13.2 Å². The number of halogens is 4. The Morgan fingerprint density at radius 2 is 2.12 bits per heavy atom. The van der Waals surface area contributed by atoms with Crippen LogP contribution in [0.4, 0.5) is 13.2 Å². The van der Waals surface area contributed by atoms with Crippen LogP contribution < -0.4 is 5.32 Å². The lowest BCUT2D eigenvalue weighted by Crippen LogP contribution is -2.50. The molecule has 0 spiro atoms. The average Bonchev–Trinajstić information content (AvgIpc) is 2.13. The summed E-state index contributed by atoms with van der Waals surface area (Å²) in [6.45, 7) is 4.27. The number of rotatable bonds is 4. The molecule has 3 nitrogen and oxygen atoms in total. The summed E-state index contributed by atoms with van der Waals surface area (Å²) in [6.07, 6.45) is -4.21. The van der Waals surface area contributed by atoms with Crippen LogP contribution in [-0.2, 0) is 4.74 Å². The van der Waals surface area contributed by atoms with Crippen LogP contribution in [0, 0.1) is 0 Å². The zero-order valence-corrected chi connectivity index (χ0v) is 10.0. The van der Waals surface area contributed by atoms with Crippen LogP contribution in [0.3, 0.4) is 0 Å². The second-order valence-corrected chi connectivity index (χ2v) is 3.76. The summed E-state index contributed by atoms with van der Waals surface area (Å²) in [4.78, 5) is 2.13. The van der Waals surface area contributed by atoms with Crippen LogP contribution in [0.5, 0.6) is 0 Å². The Labute approximate surface area is 99.7 Å². The Kier molecular flexibility index (Phi) is 7.30. The molecule has 16 heavy (non-hydrogen) atoms. The van der Waals surface area contributed by atoms with E-state index in [1.54, 1.807) is 0 Å². The zero-order valence-electron chi connectivity index (χ0n) is 9.22. The van der Waals surface area contributed by atoms with Crippen molar-refractivity contribution in [3.63, 3.8) is 0 Å². The van der Waals surface area contributed by atoms with E-state index in [-0.39, 0.29) is 19.0 Å². The predicted octanol–water partition coefficient (Wildman–Crippen LogP) is 1.28. The van der Waals surface area contributed by atoms with Crippen molar-refractivity contribution in [1.82, 2.24) is 10.2 Å². The number of hydrogen-bond acceptors (Lipinski definition) is 3. The first kappa shape index (κ1) is 16.0. The van der Waals surface area contributed by atoms with Gasteiger partial charge in [0.25, 0.3) is 0 Å². The molecule has 0 aromatic carbocycles. The predicted molar refractivity (Wildman–Crippen MR) is 58.0 cm³/mol. The van der Waals surface area contributed by atoms with E-state index in [9.17, 15) is 13.2 Å². The molecule has 0 aliphatic carbocycles. The molecule has 0 aromatic rings. The molecule has 98 valence electrons. The highest BCUT2D eigenvalue weighted by atomic mass is 35.5. The lowest BCUT2D eigenvalue weighted by molar-refractivity contribution is -0.174. The minimum atomic E-state index is -4.21. The van der Waals surface area contributed by atoms with Gasteiger partial charge in [0.1, 0.15) is 6.61 Å². The van der Waals surface area contributed by atoms with Crippen LogP contribution in [0.2, 0.25) is 0 Å². The molecule has 1 fully saturated rings. The third-order valence-corrected chi connectivity index (χ3v) is 2.43. The molecule has 1 aliphatic rings. The quantitative estimate of drug-likeness (QED) is 0.773. The first-order chi connectivity index (χ1) is 6.99. The van der Waals surface area contributed by atoms with Gasteiger partial charge in [-0.3, -0.25) is 4.90 Å². The van der Waals surface area contributed by atoms with Gasteiger partial charge in [-0.15, -0.1) is 12.4 Å². The molecular weight excluding hydrogens is 245 g/mol. The van der Waals surface area contributed by atoms with Gasteiger partial charge in [0.2, 0.25) is 0 Å². The summed E-state index contributed by atoms with van der Waals surface area (Å²) in [5.41, 5.74) is 0. The van der Waals surface area contributed by atoms with Gasteiger partial charge >= 0.3 is 6.18 Å². The van der Waals surface area contributed by atoms with Gasteiger partial charge in [0.05, 0.1) is 6.61 Å². The topological polar surface area (TPSA) is 24.5 Å². The van der Waals surface area contributed by atoms with E-state index in [2.05, 4.69) is 21.9 Å². The lowest BCUT2D eigenvalue weighted by Gasteiger charge is -2.33. The fraction of sp³-hybridized carbons (Fsp3) is 1.00. The maximum absolute atomic E-state index is 11.7. The monoisotopic (exact) mass is 262 g/mol. The van der Waals surface area contributed by atoms with E-state index in [1.807, 2.05) is 0 Å². The Morgan fingerprint density at radius 1 is 1.44 bits per heavy atom. The van der Waals surface area contributed by atoms with Crippen LogP contribution in [0.1, 0.15) is 6.92 Å². The van der Waals surface area contributed by atoms with Crippen molar-refractivity contribution in [2.75, 3.05) is 39.4 Å². The summed E-state index contributed by atoms with van der Waals surface area (Å²) >= 11 is 0. The molecule has 0 amide bonds. The number of nitrogens with one attached hydrogen (secondary N) is 1. The molecule has 1 heterocycles. The highest BCUT2D eigenvalue weighted by Crippen LogP contribution is 2.14. The van der Waals surface area contributed by atoms with E-state index < -0.39 is 12.8 Å². The summed E-state index contributed by atoms with van der Waals surface area (Å²) in [7, 11) is 0. The molecule has 1 N–H and O–H groups in total. The smallest absolute Gasteiger partial charge is 0.371 e. The van der Waals surface area contributed by atoms with E-state index >= 15 is 0 Å². The van der Waals surface area contributed by atoms with Crippen LogP contribution in [0.25, 0.3) is 0 Å². The van der Waals surface area contributed by atoms with Crippen molar-refractivity contribution >= 4 is 12.4 Å². The number of ether oxygens (including phenoxy) is 1. The number of nitrogens with zero attached hydrogens (tertiary/aromatic N) is 1. The highest BCUT2D eigenvalue weighted by Gasteiger charge is 2.27. The number of piperazine rings is 1. The maximum atomic E-state index is 11.7. The second-order valence-electron chi connectivity index (χ2n) is 3.76. The maximum Gasteiger partial charge on any atom is 0.411 e. The number of alkyl halides is 3. The van der Waals surface area contributed by atoms with Gasteiger partial charge in [-0.25, -0.2) is 0 Å². The SMILES string of the molecule is CC1CNCCN1CCOCC(F)(F)F.Cl. The summed E-state index contributed by atoms with van der Waals surface area (Å²) in [5.74, 6) is 0. The first-order valence-electron chi connectivity index (χ1n) is 5.08. The van der Waals surface area contributed by atoms with Crippen LogP contribution >= 0.6 is 12.4 Å². The molecule has 1 aliphatic heterocycles. The average molecular weight is 263 g/mol. The van der Waals surface area contributed by atoms with E-state index in [4.69, 9.17) is 0 Å². The van der Waals surface area contributed by atoms with Crippen molar-refractivity contribution in [2.45, 2.75) is 19.1 Å². The highest BCUT2D eigenvalue weighted by molar-refractivity contribution is 5.85. The van der Waals surface area contributed by atoms with Crippen molar-refractivity contribution < 1.29 is 17.9 Å². The van der Waals surface area contributed by atoms with Crippen LogP contribution in [-0.4, -0.2) is 56.5 Å². The second kappa shape index (κ2) is 7.32. The summed E-state index contributed by atoms with van der Waals surface area (Å²) < 4.78 is 39.8. The first-order valence-corrected chi connectivity index (χ1v) is 5.08. The van der Waals surface area contributed by atoms with Crippen molar-refractivity contribution in [3.05, 3.63) is 0 Å². The molecule has 7 heteroatoms. The van der Waals surface area contributed by atoms with Gasteiger partial charge in [-0.05, 0) is 6.92 Å². The fourth-order valence-corrected chi connectivity index (χ4v) is 1.58. The minimum absolute atomic E-state index is 0. The van der Waals surface area contributed by atoms with E-state index in [0.29, 0.717) is 12.6 Å². The van der Waals surface area contributed by atoms with Crippen molar-refractivity contribution in [3.8, 4) is 0 Å². The normalized spacial score (nSPS) is 22.9. The standard InChI is InChI=1S/C9H17F3N2O.ClH/c1-8-6-13-2-3-14(8)4-5-15-7-9(10,11)12;/h8,13H,2-7H2,1H3;1H. The molecule has 1 unspecified atom stereocenters. The van der Waals surface area contributed by atoms with Crippen molar-refractivity contribution in [1.29, 1.82) is 0 Å². The molecule has 0 saturated carbocycles. The summed E-state index contributed by atoms with van der Waals surface area (Å²) in [5, 5.41) is 3.22. The lowest BCUT2D eigenvalue weighted by atomic mass is 10.2. The number of hydrogen-bond donors (Lipinski definition) is 1. The van der Waals surface area contributed by atoms with Gasteiger partial charge < -0.3 is 10.1 Å². The van der Waals surface area contributed by atoms with Gasteiger partial charge in [0, 0.05) is 32.2 Å². The third kappa shape index (κ3) is 6.52. The van der Waals surface area contributed by atoms with E-state index in [0.717, 1.165) is 19.6 Å². The fourth-order valence-electron chi connectivity index (χ4n) is 1.58. The molecule has 1 saturated heterocycles. The molecule has 1 atom stereocenters. The Bertz CT molecular complexity index is 192. The molecule has 0 aromatic heterocycles. The zero-order chi connectivity index (χ0) is 11.3. The Morgan fingerprint density at radius 3 is 2.69 bits per heavy atom. The molecular formula is C9H18ClF3N2O. The molecule has 0 bridgehead atoms. The minimum Gasteiger partial charge on any atom is -0.371 e. The van der Waals surface area contributed by atoms with Crippen molar-refractivity contribution in [2.24, 2.45) is 0 Å². The summed E-state index contributed by atoms with van der Waals surface area (Å²) in [6, 6.07) is 0.369. The third-order valence-electron chi connectivity index (χ3n) is 2.43.